The largest absolute Gasteiger partial charge is 0.434 e. The minimum atomic E-state index is -0.682. The Morgan fingerprint density at radius 2 is 2.23 bits per heavy atom. The molecule has 2 rings (SSSR count). The van der Waals surface area contributed by atoms with Gasteiger partial charge in [0.1, 0.15) is 5.56 Å². The summed E-state index contributed by atoms with van der Waals surface area (Å²) in [6.45, 7) is 0. The Balaban J connectivity index is 2.65. The van der Waals surface area contributed by atoms with Crippen molar-refractivity contribution >= 4 is 0 Å². The molecule has 0 amide bonds. The summed E-state index contributed by atoms with van der Waals surface area (Å²) >= 11 is 0. The van der Waals surface area contributed by atoms with Gasteiger partial charge < -0.3 is 9.40 Å². The Kier molecular flexibility index (Phi) is 1.59. The molecule has 6 nitrogen and oxygen atoms in total. The Morgan fingerprint density at radius 3 is 2.85 bits per heavy atom. The quantitative estimate of drug-likeness (QED) is 0.629. The van der Waals surface area contributed by atoms with Crippen molar-refractivity contribution in [2.75, 3.05) is 0 Å². The van der Waals surface area contributed by atoms with Crippen LogP contribution in [0.1, 0.15) is 0 Å². The lowest BCUT2D eigenvalue weighted by molar-refractivity contribution is 0.526. The molecule has 2 aromatic heterocycles. The van der Waals surface area contributed by atoms with Gasteiger partial charge in [-0.25, -0.2) is 9.89 Å². The summed E-state index contributed by atoms with van der Waals surface area (Å²) in [5.41, 5.74) is -0.0325. The summed E-state index contributed by atoms with van der Waals surface area (Å²) in [6.07, 6.45) is 2.90. The predicted octanol–water partition coefficient (Wildman–Crippen LogP) is -0.282. The number of hydrogen-bond acceptors (Lipinski definition) is 4. The number of pyridine rings is 1. The van der Waals surface area contributed by atoms with Crippen molar-refractivity contribution in [2.24, 2.45) is 0 Å². The van der Waals surface area contributed by atoms with E-state index in [-0.39, 0.29) is 16.9 Å². The van der Waals surface area contributed by atoms with Gasteiger partial charge in [-0.1, -0.05) is 0 Å². The smallest absolute Gasteiger partial charge is 0.388 e. The van der Waals surface area contributed by atoms with Crippen LogP contribution in [0.3, 0.4) is 0 Å². The Hall–Kier alpha value is -2.11. The van der Waals surface area contributed by atoms with Crippen molar-refractivity contribution in [3.8, 4) is 11.5 Å². The highest BCUT2D eigenvalue weighted by Gasteiger charge is 2.07. The van der Waals surface area contributed by atoms with Gasteiger partial charge in [0.15, 0.2) is 5.43 Å². The van der Waals surface area contributed by atoms with Crippen LogP contribution in [0.5, 0.6) is 0 Å². The monoisotopic (exact) mass is 179 g/mol. The van der Waals surface area contributed by atoms with Crippen LogP contribution < -0.4 is 11.2 Å². The van der Waals surface area contributed by atoms with E-state index < -0.39 is 5.76 Å². The van der Waals surface area contributed by atoms with Crippen LogP contribution >= 0.6 is 0 Å². The Bertz CT molecular complexity index is 522. The first-order chi connectivity index (χ1) is 6.27. The highest BCUT2D eigenvalue weighted by molar-refractivity contribution is 5.49. The first-order valence-electron chi connectivity index (χ1n) is 3.50. The summed E-state index contributed by atoms with van der Waals surface area (Å²) in [7, 11) is 0. The molecule has 2 heterocycles. The van der Waals surface area contributed by atoms with Crippen LogP contribution in [0.15, 0.2) is 32.5 Å². The summed E-state index contributed by atoms with van der Waals surface area (Å²) < 4.78 is 4.61. The first kappa shape index (κ1) is 7.53. The van der Waals surface area contributed by atoms with E-state index in [1.54, 1.807) is 0 Å². The fraction of sp³-hybridized carbons (Fsp3) is 0. The van der Waals surface area contributed by atoms with Gasteiger partial charge in [-0.2, -0.15) is 0 Å². The number of hydrogen-bond donors (Lipinski definition) is 2. The molecule has 0 saturated heterocycles. The van der Waals surface area contributed by atoms with E-state index in [0.717, 1.165) is 0 Å². The van der Waals surface area contributed by atoms with E-state index in [1.165, 1.54) is 18.5 Å². The third-order valence-corrected chi connectivity index (χ3v) is 1.49. The molecule has 66 valence electrons. The van der Waals surface area contributed by atoms with Crippen LogP contribution in [0.25, 0.3) is 11.5 Å². The van der Waals surface area contributed by atoms with Crippen molar-refractivity contribution in [3.63, 3.8) is 0 Å². The molecule has 0 aliphatic rings. The van der Waals surface area contributed by atoms with Gasteiger partial charge in [0.05, 0.1) is 0 Å². The second-order valence-electron chi connectivity index (χ2n) is 2.34. The highest BCUT2D eigenvalue weighted by Crippen LogP contribution is 2.05. The third-order valence-electron chi connectivity index (χ3n) is 1.49. The second kappa shape index (κ2) is 2.74. The number of aromatic nitrogens is 3. The van der Waals surface area contributed by atoms with Crippen molar-refractivity contribution in [2.45, 2.75) is 0 Å². The molecule has 0 spiro atoms. The zero-order valence-electron chi connectivity index (χ0n) is 6.40. The minimum Gasteiger partial charge on any atom is -0.388 e. The number of aromatic amines is 2. The van der Waals surface area contributed by atoms with Crippen LogP contribution in [0.2, 0.25) is 0 Å². The van der Waals surface area contributed by atoms with Crippen LogP contribution in [-0.4, -0.2) is 15.2 Å². The first-order valence-corrected chi connectivity index (χ1v) is 3.50. The maximum atomic E-state index is 11.2. The van der Waals surface area contributed by atoms with Gasteiger partial charge in [-0.15, -0.1) is 5.10 Å². The topological polar surface area (TPSA) is 91.8 Å². The lowest BCUT2D eigenvalue weighted by atomic mass is 10.3. The fourth-order valence-corrected chi connectivity index (χ4v) is 0.928. The van der Waals surface area contributed by atoms with Gasteiger partial charge in [-0.3, -0.25) is 4.79 Å². The summed E-state index contributed by atoms with van der Waals surface area (Å²) in [6, 6.07) is 1.32. The molecule has 0 aromatic carbocycles. The van der Waals surface area contributed by atoms with Crippen molar-refractivity contribution < 1.29 is 4.42 Å². The van der Waals surface area contributed by atoms with Crippen molar-refractivity contribution in [1.29, 1.82) is 0 Å². The Labute approximate surface area is 71.2 Å². The Morgan fingerprint density at radius 1 is 1.38 bits per heavy atom. The molecule has 0 bridgehead atoms. The number of nitrogens with zero attached hydrogens (tertiary/aromatic N) is 1. The van der Waals surface area contributed by atoms with Gasteiger partial charge in [0.25, 0.3) is 5.89 Å². The molecule has 0 aliphatic carbocycles. The van der Waals surface area contributed by atoms with Crippen LogP contribution in [-0.2, 0) is 0 Å². The lowest BCUT2D eigenvalue weighted by Gasteiger charge is -1.89. The number of H-pyrrole nitrogens is 2. The molecule has 0 fully saturated rings. The lowest BCUT2D eigenvalue weighted by Crippen LogP contribution is -2.02. The van der Waals surface area contributed by atoms with E-state index >= 15 is 0 Å². The molecular weight excluding hydrogens is 174 g/mol. The minimum absolute atomic E-state index is 0.00755. The standard InChI is InChI=1S/C7H5N3O3/c11-5-1-2-8-3-4(5)6-9-10-7(12)13-6/h1-3H,(H,8,11)(H,10,12). The zero-order chi connectivity index (χ0) is 9.26. The van der Waals surface area contributed by atoms with E-state index in [9.17, 15) is 9.59 Å². The summed E-state index contributed by atoms with van der Waals surface area (Å²) in [5, 5.41) is 5.59. The maximum Gasteiger partial charge on any atom is 0.434 e. The average Bonchev–Trinajstić information content (AvgIpc) is 2.53. The van der Waals surface area contributed by atoms with E-state index in [0.29, 0.717) is 0 Å². The average molecular weight is 179 g/mol. The molecule has 0 unspecified atom stereocenters. The molecule has 0 aliphatic heterocycles. The zero-order valence-corrected chi connectivity index (χ0v) is 6.40. The van der Waals surface area contributed by atoms with Crippen LogP contribution in [0.4, 0.5) is 0 Å². The fourth-order valence-electron chi connectivity index (χ4n) is 0.928. The molecule has 6 heteroatoms. The van der Waals surface area contributed by atoms with Gasteiger partial charge in [0.2, 0.25) is 0 Å². The molecule has 13 heavy (non-hydrogen) atoms. The maximum absolute atomic E-state index is 11.2. The molecule has 0 atom stereocenters. The van der Waals surface area contributed by atoms with Crippen LogP contribution in [0, 0.1) is 0 Å². The van der Waals surface area contributed by atoms with E-state index in [2.05, 4.69) is 19.6 Å². The van der Waals surface area contributed by atoms with Crippen molar-refractivity contribution in [3.05, 3.63) is 39.2 Å². The summed E-state index contributed by atoms with van der Waals surface area (Å²) in [5.74, 6) is -0.690. The molecule has 0 radical (unpaired) electrons. The van der Waals surface area contributed by atoms with Gasteiger partial charge >= 0.3 is 5.76 Å². The highest BCUT2D eigenvalue weighted by atomic mass is 16.4. The third kappa shape index (κ3) is 1.28. The van der Waals surface area contributed by atoms with Gasteiger partial charge in [-0.05, 0) is 0 Å². The predicted molar refractivity (Wildman–Crippen MR) is 43.2 cm³/mol. The molecule has 2 aromatic rings. The summed E-state index contributed by atoms with van der Waals surface area (Å²) in [4.78, 5) is 24.5. The number of rotatable bonds is 1. The second-order valence-corrected chi connectivity index (χ2v) is 2.34. The normalized spacial score (nSPS) is 10.2. The SMILES string of the molecule is O=c1[nH]nc(-c2c[nH]ccc2=O)o1. The van der Waals surface area contributed by atoms with Crippen molar-refractivity contribution in [1.82, 2.24) is 15.2 Å². The molecule has 2 N–H and O–H groups in total. The number of nitrogens with one attached hydrogen (secondary N) is 2. The molecular formula is C7H5N3O3. The van der Waals surface area contributed by atoms with Gasteiger partial charge in [0, 0.05) is 18.5 Å². The van der Waals surface area contributed by atoms with E-state index in [1.807, 2.05) is 0 Å². The van der Waals surface area contributed by atoms with E-state index in [4.69, 9.17) is 0 Å². The molecule has 0 saturated carbocycles.